The average molecular weight is 302 g/mol. The van der Waals surface area contributed by atoms with Crippen LogP contribution in [-0.4, -0.2) is 18.2 Å². The van der Waals surface area contributed by atoms with Gasteiger partial charge in [-0.15, -0.1) is 0 Å². The van der Waals surface area contributed by atoms with E-state index >= 15 is 0 Å². The van der Waals surface area contributed by atoms with Crippen LogP contribution in [0.1, 0.15) is 56.8 Å². The summed E-state index contributed by atoms with van der Waals surface area (Å²) in [6.07, 6.45) is 6.46. The highest BCUT2D eigenvalue weighted by Crippen LogP contribution is 2.29. The second kappa shape index (κ2) is 8.14. The topological polar surface area (TPSA) is 35.5 Å². The summed E-state index contributed by atoms with van der Waals surface area (Å²) >= 11 is 0. The molecule has 1 aliphatic rings. The smallest absolute Gasteiger partial charge is 0.343 e. The lowest BCUT2D eigenvalue weighted by atomic mass is 10.1. The van der Waals surface area contributed by atoms with Crippen molar-refractivity contribution >= 4 is 5.97 Å². The van der Waals surface area contributed by atoms with Gasteiger partial charge < -0.3 is 9.47 Å². The molecule has 0 spiro atoms. The lowest BCUT2D eigenvalue weighted by Gasteiger charge is -2.19. The Morgan fingerprint density at radius 3 is 2.59 bits per heavy atom. The Hall–Kier alpha value is -1.61. The van der Waals surface area contributed by atoms with Crippen molar-refractivity contribution in [1.29, 1.82) is 0 Å². The molecule has 3 nitrogen and oxygen atoms in total. The summed E-state index contributed by atoms with van der Waals surface area (Å²) in [7, 11) is 0. The zero-order chi connectivity index (χ0) is 15.9. The maximum absolute atomic E-state index is 12.2. The van der Waals surface area contributed by atoms with Gasteiger partial charge in [0.25, 0.3) is 0 Å². The third-order valence-electron chi connectivity index (χ3n) is 3.87. The Bertz CT molecular complexity index is 505. The van der Waals surface area contributed by atoms with Crippen molar-refractivity contribution in [2.45, 2.75) is 58.7 Å². The van der Waals surface area contributed by atoms with Crippen molar-refractivity contribution in [3.05, 3.63) is 47.7 Å². The number of esters is 1. The van der Waals surface area contributed by atoms with Gasteiger partial charge in [-0.3, -0.25) is 0 Å². The molecule has 0 bridgehead atoms. The van der Waals surface area contributed by atoms with Crippen LogP contribution in [0.15, 0.2) is 42.2 Å². The highest BCUT2D eigenvalue weighted by atomic mass is 16.6. The predicted molar refractivity (Wildman–Crippen MR) is 87.6 cm³/mol. The van der Waals surface area contributed by atoms with Crippen molar-refractivity contribution in [2.75, 3.05) is 0 Å². The zero-order valence-corrected chi connectivity index (χ0v) is 13.7. The van der Waals surface area contributed by atoms with E-state index in [9.17, 15) is 4.79 Å². The van der Waals surface area contributed by atoms with Crippen LogP contribution in [0, 0.1) is 5.92 Å². The van der Waals surface area contributed by atoms with Gasteiger partial charge in [-0.2, -0.15) is 0 Å². The molecule has 0 amide bonds. The molecule has 1 aromatic carbocycles. The van der Waals surface area contributed by atoms with Crippen molar-refractivity contribution in [3.8, 4) is 0 Å². The van der Waals surface area contributed by atoms with Crippen LogP contribution in [0.2, 0.25) is 0 Å². The summed E-state index contributed by atoms with van der Waals surface area (Å²) in [5.41, 5.74) is 0.570. The normalized spacial score (nSPS) is 21.0. The third kappa shape index (κ3) is 4.44. The number of hydrogen-bond donors (Lipinski definition) is 0. The number of carbonyl (C=O) groups is 1. The van der Waals surface area contributed by atoms with Gasteiger partial charge in [0.05, 0.1) is 11.7 Å². The van der Waals surface area contributed by atoms with E-state index in [0.717, 1.165) is 12.8 Å². The molecule has 22 heavy (non-hydrogen) atoms. The molecular weight excluding hydrogens is 276 g/mol. The Labute approximate surface area is 133 Å². The van der Waals surface area contributed by atoms with Gasteiger partial charge in [-0.1, -0.05) is 58.2 Å². The Kier molecular flexibility index (Phi) is 6.20. The van der Waals surface area contributed by atoms with Crippen LogP contribution in [0.5, 0.6) is 0 Å². The Balaban J connectivity index is 2.01. The van der Waals surface area contributed by atoms with Gasteiger partial charge in [-0.05, 0) is 30.5 Å². The minimum absolute atomic E-state index is 0.0672. The summed E-state index contributed by atoms with van der Waals surface area (Å²) in [6.45, 7) is 6.36. The Morgan fingerprint density at radius 1 is 1.23 bits per heavy atom. The molecule has 3 heteroatoms. The summed E-state index contributed by atoms with van der Waals surface area (Å²) < 4.78 is 11.7. The molecule has 0 radical (unpaired) electrons. The first-order chi connectivity index (χ1) is 10.6. The average Bonchev–Trinajstić information content (AvgIpc) is 2.91. The van der Waals surface area contributed by atoms with E-state index in [0.29, 0.717) is 11.3 Å². The molecule has 0 fully saturated rings. The molecule has 2 unspecified atom stereocenters. The van der Waals surface area contributed by atoms with Crippen LogP contribution in [0.25, 0.3) is 0 Å². The maximum Gasteiger partial charge on any atom is 0.343 e. The highest BCUT2D eigenvalue weighted by Gasteiger charge is 2.32. The molecule has 0 aromatic heterocycles. The first-order valence-corrected chi connectivity index (χ1v) is 8.26. The van der Waals surface area contributed by atoms with Crippen LogP contribution < -0.4 is 0 Å². The lowest BCUT2D eigenvalue weighted by molar-refractivity contribution is 0.00156. The molecule has 2 atom stereocenters. The molecule has 2 rings (SSSR count). The van der Waals surface area contributed by atoms with Gasteiger partial charge in [0.2, 0.25) is 0 Å². The minimum atomic E-state index is -0.310. The molecule has 0 saturated heterocycles. The number of benzene rings is 1. The third-order valence-corrected chi connectivity index (χ3v) is 3.87. The van der Waals surface area contributed by atoms with Crippen molar-refractivity contribution < 1.29 is 14.3 Å². The molecular formula is C19H26O3. The van der Waals surface area contributed by atoms with Crippen molar-refractivity contribution in [1.82, 2.24) is 0 Å². The summed E-state index contributed by atoms with van der Waals surface area (Å²) in [4.78, 5) is 12.2. The number of unbranched alkanes of at least 4 members (excludes halogenated alkanes) is 2. The van der Waals surface area contributed by atoms with Crippen LogP contribution >= 0.6 is 0 Å². The number of hydrogen-bond acceptors (Lipinski definition) is 3. The second-order valence-corrected chi connectivity index (χ2v) is 6.16. The summed E-state index contributed by atoms with van der Waals surface area (Å²) in [5.74, 6) is 0.645. The molecule has 120 valence electrons. The number of carbonyl (C=O) groups excluding carboxylic acids is 1. The van der Waals surface area contributed by atoms with E-state index in [1.807, 2.05) is 24.3 Å². The molecule has 1 aliphatic heterocycles. The number of ether oxygens (including phenoxy) is 2. The molecule has 0 N–H and O–H groups in total. The molecule has 1 aromatic rings. The van der Waals surface area contributed by atoms with Gasteiger partial charge in [-0.25, -0.2) is 4.79 Å². The quantitative estimate of drug-likeness (QED) is 0.539. The largest absolute Gasteiger partial charge is 0.425 e. The van der Waals surface area contributed by atoms with Gasteiger partial charge in [0.1, 0.15) is 11.9 Å². The van der Waals surface area contributed by atoms with Gasteiger partial charge >= 0.3 is 5.97 Å². The van der Waals surface area contributed by atoms with E-state index in [1.54, 1.807) is 12.1 Å². The highest BCUT2D eigenvalue weighted by molar-refractivity contribution is 5.90. The standard InChI is InChI=1S/C19H26O3/c1-4-5-7-12-16-13-17(18(21-16)14(2)3)22-19(20)15-10-8-6-9-11-15/h6,8-11,13-14,16,18H,4-5,7,12H2,1-3H3. The van der Waals surface area contributed by atoms with E-state index in [4.69, 9.17) is 9.47 Å². The van der Waals surface area contributed by atoms with E-state index in [-0.39, 0.29) is 24.1 Å². The number of rotatable bonds is 7. The lowest BCUT2D eigenvalue weighted by Crippen LogP contribution is -2.23. The first-order valence-electron chi connectivity index (χ1n) is 8.26. The molecule has 0 saturated carbocycles. The molecule has 1 heterocycles. The fourth-order valence-corrected chi connectivity index (χ4v) is 2.64. The second-order valence-electron chi connectivity index (χ2n) is 6.16. The fraction of sp³-hybridized carbons (Fsp3) is 0.526. The van der Waals surface area contributed by atoms with Crippen LogP contribution in [-0.2, 0) is 9.47 Å². The monoisotopic (exact) mass is 302 g/mol. The SMILES string of the molecule is CCCCCC1C=C(OC(=O)c2ccccc2)C(C(C)C)O1. The van der Waals surface area contributed by atoms with Crippen molar-refractivity contribution in [3.63, 3.8) is 0 Å². The summed E-state index contributed by atoms with van der Waals surface area (Å²) in [6, 6.07) is 9.09. The predicted octanol–water partition coefficient (Wildman–Crippen LogP) is 4.73. The fourth-order valence-electron chi connectivity index (χ4n) is 2.64. The van der Waals surface area contributed by atoms with Crippen LogP contribution in [0.4, 0.5) is 0 Å². The maximum atomic E-state index is 12.2. The zero-order valence-electron chi connectivity index (χ0n) is 13.7. The Morgan fingerprint density at radius 2 is 1.95 bits per heavy atom. The van der Waals surface area contributed by atoms with Gasteiger partial charge in [0.15, 0.2) is 0 Å². The summed E-state index contributed by atoms with van der Waals surface area (Å²) in [5, 5.41) is 0. The van der Waals surface area contributed by atoms with E-state index in [1.165, 1.54) is 12.8 Å². The van der Waals surface area contributed by atoms with Crippen molar-refractivity contribution in [2.24, 2.45) is 5.92 Å². The van der Waals surface area contributed by atoms with E-state index in [2.05, 4.69) is 20.8 Å². The first kappa shape index (κ1) is 16.8. The van der Waals surface area contributed by atoms with Crippen LogP contribution in [0.3, 0.4) is 0 Å². The van der Waals surface area contributed by atoms with E-state index < -0.39 is 0 Å². The molecule has 0 aliphatic carbocycles. The minimum Gasteiger partial charge on any atom is -0.425 e. The van der Waals surface area contributed by atoms with Gasteiger partial charge in [0, 0.05) is 0 Å².